The Kier molecular flexibility index (Phi) is 5.61. The van der Waals surface area contributed by atoms with Gasteiger partial charge in [-0.25, -0.2) is 4.98 Å². The van der Waals surface area contributed by atoms with Gasteiger partial charge >= 0.3 is 0 Å². The van der Waals surface area contributed by atoms with E-state index in [9.17, 15) is 4.79 Å². The summed E-state index contributed by atoms with van der Waals surface area (Å²) >= 11 is 12.0. The zero-order valence-corrected chi connectivity index (χ0v) is 15.3. The summed E-state index contributed by atoms with van der Waals surface area (Å²) in [6, 6.07) is 15.6. The summed E-state index contributed by atoms with van der Waals surface area (Å²) in [5, 5.41) is 6.78. The van der Waals surface area contributed by atoms with Crippen molar-refractivity contribution in [3.63, 3.8) is 0 Å². The fraction of sp³-hybridized carbons (Fsp3) is 0.0526. The maximum Gasteiger partial charge on any atom is 0.259 e. The number of pyridine rings is 1. The van der Waals surface area contributed by atoms with Crippen molar-refractivity contribution in [1.29, 1.82) is 0 Å². The monoisotopic (exact) mass is 387 g/mol. The summed E-state index contributed by atoms with van der Waals surface area (Å²) in [6.07, 6.45) is 1.60. The van der Waals surface area contributed by atoms with E-state index < -0.39 is 0 Å². The molecule has 0 atom stereocenters. The first-order chi connectivity index (χ1) is 12.6. The molecule has 1 heterocycles. The molecule has 132 valence electrons. The Morgan fingerprint density at radius 1 is 1.04 bits per heavy atom. The Hall–Kier alpha value is -2.76. The highest BCUT2D eigenvalue weighted by molar-refractivity contribution is 6.42. The molecule has 0 fully saturated rings. The smallest absolute Gasteiger partial charge is 0.259 e. The van der Waals surface area contributed by atoms with E-state index in [0.29, 0.717) is 38.6 Å². The minimum atomic E-state index is -0.315. The molecule has 5 nitrogen and oxygen atoms in total. The molecule has 2 N–H and O–H groups in total. The molecule has 2 aromatic carbocycles. The van der Waals surface area contributed by atoms with Crippen LogP contribution in [-0.4, -0.2) is 18.0 Å². The van der Waals surface area contributed by atoms with Crippen LogP contribution in [0.2, 0.25) is 10.0 Å². The van der Waals surface area contributed by atoms with Crippen molar-refractivity contribution < 1.29 is 9.53 Å². The van der Waals surface area contributed by atoms with Crippen LogP contribution in [0.3, 0.4) is 0 Å². The van der Waals surface area contributed by atoms with Gasteiger partial charge < -0.3 is 15.4 Å². The largest absolute Gasteiger partial charge is 0.495 e. The normalized spacial score (nSPS) is 10.3. The number of halogens is 2. The lowest BCUT2D eigenvalue weighted by Crippen LogP contribution is -2.15. The SMILES string of the molecule is COc1ccccc1NC(=O)c1cccnc1Nc1ccc(Cl)c(Cl)c1. The van der Waals surface area contributed by atoms with Crippen LogP contribution in [0.4, 0.5) is 17.2 Å². The van der Waals surface area contributed by atoms with Gasteiger partial charge in [-0.3, -0.25) is 4.79 Å². The number of carbonyl (C=O) groups excluding carboxylic acids is 1. The lowest BCUT2D eigenvalue weighted by Gasteiger charge is -2.13. The Bertz CT molecular complexity index is 948. The van der Waals surface area contributed by atoms with E-state index in [4.69, 9.17) is 27.9 Å². The van der Waals surface area contributed by atoms with Gasteiger partial charge in [0.25, 0.3) is 5.91 Å². The summed E-state index contributed by atoms with van der Waals surface area (Å²) in [4.78, 5) is 17.0. The zero-order valence-electron chi connectivity index (χ0n) is 13.8. The molecule has 0 aliphatic rings. The van der Waals surface area contributed by atoms with Crippen LogP contribution in [0.15, 0.2) is 60.8 Å². The summed E-state index contributed by atoms with van der Waals surface area (Å²) in [6.45, 7) is 0. The van der Waals surface area contributed by atoms with Crippen LogP contribution >= 0.6 is 23.2 Å². The first kappa shape index (κ1) is 18.0. The van der Waals surface area contributed by atoms with Crippen molar-refractivity contribution in [2.45, 2.75) is 0 Å². The number of carbonyl (C=O) groups is 1. The molecule has 0 spiro atoms. The molecular formula is C19H15Cl2N3O2. The molecule has 0 bridgehead atoms. The van der Waals surface area contributed by atoms with E-state index in [2.05, 4.69) is 15.6 Å². The average Bonchev–Trinajstić information content (AvgIpc) is 2.65. The highest BCUT2D eigenvalue weighted by Gasteiger charge is 2.15. The van der Waals surface area contributed by atoms with E-state index in [1.165, 1.54) is 0 Å². The van der Waals surface area contributed by atoms with E-state index in [-0.39, 0.29) is 5.91 Å². The van der Waals surface area contributed by atoms with Crippen LogP contribution in [0.5, 0.6) is 5.75 Å². The molecule has 0 aliphatic heterocycles. The van der Waals surface area contributed by atoms with Gasteiger partial charge in [-0.05, 0) is 42.5 Å². The predicted molar refractivity (Wildman–Crippen MR) is 105 cm³/mol. The van der Waals surface area contributed by atoms with Crippen LogP contribution in [0.25, 0.3) is 0 Å². The Morgan fingerprint density at radius 3 is 2.62 bits per heavy atom. The fourth-order valence-electron chi connectivity index (χ4n) is 2.34. The number of hydrogen-bond acceptors (Lipinski definition) is 4. The second-order valence-corrected chi connectivity index (χ2v) is 6.12. The number of nitrogens with one attached hydrogen (secondary N) is 2. The summed E-state index contributed by atoms with van der Waals surface area (Å²) in [5.41, 5.74) is 1.62. The molecule has 7 heteroatoms. The molecule has 0 saturated heterocycles. The number of amides is 1. The number of nitrogens with zero attached hydrogens (tertiary/aromatic N) is 1. The lowest BCUT2D eigenvalue weighted by atomic mass is 10.2. The number of hydrogen-bond donors (Lipinski definition) is 2. The number of anilines is 3. The van der Waals surface area contributed by atoms with Gasteiger partial charge in [-0.15, -0.1) is 0 Å². The predicted octanol–water partition coefficient (Wildman–Crippen LogP) is 5.39. The molecule has 1 amide bonds. The van der Waals surface area contributed by atoms with Crippen molar-refractivity contribution in [3.05, 3.63) is 76.4 Å². The molecule has 0 unspecified atom stereocenters. The first-order valence-electron chi connectivity index (χ1n) is 7.70. The lowest BCUT2D eigenvalue weighted by molar-refractivity contribution is 0.102. The van der Waals surface area contributed by atoms with E-state index >= 15 is 0 Å². The Balaban J connectivity index is 1.86. The molecule has 0 radical (unpaired) electrons. The van der Waals surface area contributed by atoms with E-state index in [1.807, 2.05) is 12.1 Å². The molecule has 3 aromatic rings. The first-order valence-corrected chi connectivity index (χ1v) is 8.45. The van der Waals surface area contributed by atoms with Crippen molar-refractivity contribution >= 4 is 46.3 Å². The Labute approximate surface area is 160 Å². The second-order valence-electron chi connectivity index (χ2n) is 5.31. The van der Waals surface area contributed by atoms with Crippen molar-refractivity contribution in [1.82, 2.24) is 4.98 Å². The molecule has 3 rings (SSSR count). The minimum absolute atomic E-state index is 0.315. The van der Waals surface area contributed by atoms with Gasteiger partial charge in [0.05, 0.1) is 28.4 Å². The van der Waals surface area contributed by atoms with Gasteiger partial charge in [0, 0.05) is 11.9 Å². The number of para-hydroxylation sites is 2. The maximum atomic E-state index is 12.7. The molecule has 0 aliphatic carbocycles. The number of ether oxygens (including phenoxy) is 1. The third kappa shape index (κ3) is 4.07. The Morgan fingerprint density at radius 2 is 1.85 bits per heavy atom. The van der Waals surface area contributed by atoms with E-state index in [0.717, 1.165) is 0 Å². The van der Waals surface area contributed by atoms with Gasteiger partial charge in [0.1, 0.15) is 11.6 Å². The van der Waals surface area contributed by atoms with Gasteiger partial charge in [0.2, 0.25) is 0 Å². The number of benzene rings is 2. The number of methoxy groups -OCH3 is 1. The van der Waals surface area contributed by atoms with Crippen LogP contribution in [0, 0.1) is 0 Å². The standard InChI is InChI=1S/C19H15Cl2N3O2/c1-26-17-7-3-2-6-16(17)24-19(25)13-5-4-10-22-18(13)23-12-8-9-14(20)15(21)11-12/h2-11H,1H3,(H,22,23)(H,24,25). The maximum absolute atomic E-state index is 12.7. The van der Waals surface area contributed by atoms with Gasteiger partial charge in [-0.2, -0.15) is 0 Å². The van der Waals surface area contributed by atoms with Gasteiger partial charge in [0.15, 0.2) is 0 Å². The summed E-state index contributed by atoms with van der Waals surface area (Å²) < 4.78 is 5.26. The third-order valence-electron chi connectivity index (χ3n) is 3.59. The molecule has 26 heavy (non-hydrogen) atoms. The van der Waals surface area contributed by atoms with Gasteiger partial charge in [-0.1, -0.05) is 35.3 Å². The topological polar surface area (TPSA) is 63.2 Å². The molecular weight excluding hydrogens is 373 g/mol. The highest BCUT2D eigenvalue weighted by atomic mass is 35.5. The molecule has 1 aromatic heterocycles. The van der Waals surface area contributed by atoms with Crippen molar-refractivity contribution in [2.24, 2.45) is 0 Å². The molecule has 0 saturated carbocycles. The quantitative estimate of drug-likeness (QED) is 0.615. The zero-order chi connectivity index (χ0) is 18.5. The highest BCUT2D eigenvalue weighted by Crippen LogP contribution is 2.28. The third-order valence-corrected chi connectivity index (χ3v) is 4.33. The van der Waals surface area contributed by atoms with Crippen LogP contribution < -0.4 is 15.4 Å². The van der Waals surface area contributed by atoms with Crippen molar-refractivity contribution in [2.75, 3.05) is 17.7 Å². The minimum Gasteiger partial charge on any atom is -0.495 e. The van der Waals surface area contributed by atoms with Crippen LogP contribution in [0.1, 0.15) is 10.4 Å². The number of rotatable bonds is 5. The summed E-state index contributed by atoms with van der Waals surface area (Å²) in [5.74, 6) is 0.659. The van der Waals surface area contributed by atoms with Crippen LogP contribution in [-0.2, 0) is 0 Å². The second kappa shape index (κ2) is 8.08. The van der Waals surface area contributed by atoms with Crippen molar-refractivity contribution in [3.8, 4) is 5.75 Å². The number of aromatic nitrogens is 1. The average molecular weight is 388 g/mol. The van der Waals surface area contributed by atoms with E-state index in [1.54, 1.807) is 55.8 Å². The fourth-order valence-corrected chi connectivity index (χ4v) is 2.63. The summed E-state index contributed by atoms with van der Waals surface area (Å²) in [7, 11) is 1.55.